The summed E-state index contributed by atoms with van der Waals surface area (Å²) in [5.41, 5.74) is 4.99. The Labute approximate surface area is 124 Å². The van der Waals surface area contributed by atoms with Crippen LogP contribution in [0.15, 0.2) is 30.3 Å². The van der Waals surface area contributed by atoms with Crippen LogP contribution >= 0.6 is 11.3 Å². The minimum Gasteiger partial charge on any atom is -0.480 e. The Morgan fingerprint density at radius 3 is 2.62 bits per heavy atom. The van der Waals surface area contributed by atoms with E-state index >= 15 is 0 Å². The van der Waals surface area contributed by atoms with E-state index in [1.165, 1.54) is 11.3 Å². The predicted octanol–water partition coefficient (Wildman–Crippen LogP) is 1.35. The van der Waals surface area contributed by atoms with E-state index in [4.69, 9.17) is 10.8 Å². The lowest BCUT2D eigenvalue weighted by atomic mass is 10.1. The zero-order chi connectivity index (χ0) is 15.4. The number of carboxylic acids is 1. The molecule has 2 aromatic rings. The van der Waals surface area contributed by atoms with Gasteiger partial charge in [0.15, 0.2) is 0 Å². The fraction of sp³-hybridized carbons (Fsp3) is 0.214. The molecular weight excluding hydrogens is 292 g/mol. The first-order valence-electron chi connectivity index (χ1n) is 6.28. The molecule has 1 heterocycles. The molecule has 0 bridgehead atoms. The van der Waals surface area contributed by atoms with E-state index in [1.54, 1.807) is 6.07 Å². The molecule has 21 heavy (non-hydrogen) atoms. The highest BCUT2D eigenvalue weighted by Crippen LogP contribution is 2.25. The number of aliphatic carboxylic acids is 1. The van der Waals surface area contributed by atoms with Crippen molar-refractivity contribution in [1.29, 1.82) is 0 Å². The third-order valence-electron chi connectivity index (χ3n) is 2.93. The number of carbonyl (C=O) groups is 3. The first-order chi connectivity index (χ1) is 9.97. The summed E-state index contributed by atoms with van der Waals surface area (Å²) in [7, 11) is 0. The Kier molecular flexibility index (Phi) is 4.54. The van der Waals surface area contributed by atoms with Crippen molar-refractivity contribution >= 4 is 39.2 Å². The van der Waals surface area contributed by atoms with Crippen LogP contribution in [0.5, 0.6) is 0 Å². The van der Waals surface area contributed by atoms with Gasteiger partial charge in [-0.25, -0.2) is 4.79 Å². The summed E-state index contributed by atoms with van der Waals surface area (Å²) in [6.07, 6.45) is -0.120. The van der Waals surface area contributed by atoms with Crippen LogP contribution in [0.2, 0.25) is 0 Å². The molecule has 1 aromatic heterocycles. The van der Waals surface area contributed by atoms with Gasteiger partial charge in [-0.1, -0.05) is 18.2 Å². The molecule has 7 heteroatoms. The largest absolute Gasteiger partial charge is 0.480 e. The van der Waals surface area contributed by atoms with Crippen molar-refractivity contribution in [1.82, 2.24) is 5.32 Å². The molecule has 0 spiro atoms. The van der Waals surface area contributed by atoms with Gasteiger partial charge in [0.25, 0.3) is 5.91 Å². The summed E-state index contributed by atoms with van der Waals surface area (Å²) in [5, 5.41) is 12.4. The van der Waals surface area contributed by atoms with Crippen LogP contribution in [0.3, 0.4) is 0 Å². The minimum absolute atomic E-state index is 0.0265. The Morgan fingerprint density at radius 2 is 2.00 bits per heavy atom. The minimum atomic E-state index is -1.19. The molecule has 1 atom stereocenters. The van der Waals surface area contributed by atoms with Crippen LogP contribution in [0.25, 0.3) is 10.1 Å². The monoisotopic (exact) mass is 306 g/mol. The number of thiophene rings is 1. The number of hydrogen-bond donors (Lipinski definition) is 3. The maximum absolute atomic E-state index is 12.1. The molecule has 0 saturated carbocycles. The SMILES string of the molecule is NC(=O)CC[C@H](NC(=O)c1cc2ccccc2s1)C(=O)O. The van der Waals surface area contributed by atoms with Crippen molar-refractivity contribution in [2.24, 2.45) is 5.73 Å². The average Bonchev–Trinajstić information content (AvgIpc) is 2.86. The molecule has 6 nitrogen and oxygen atoms in total. The Morgan fingerprint density at radius 1 is 1.29 bits per heavy atom. The van der Waals surface area contributed by atoms with Gasteiger partial charge in [-0.2, -0.15) is 0 Å². The van der Waals surface area contributed by atoms with Crippen LogP contribution in [-0.4, -0.2) is 28.9 Å². The lowest BCUT2D eigenvalue weighted by Gasteiger charge is -2.12. The van der Waals surface area contributed by atoms with Gasteiger partial charge in [0.1, 0.15) is 6.04 Å². The number of rotatable bonds is 6. The summed E-state index contributed by atoms with van der Waals surface area (Å²) in [6, 6.07) is 8.08. The maximum Gasteiger partial charge on any atom is 0.326 e. The van der Waals surface area contributed by atoms with E-state index in [0.717, 1.165) is 10.1 Å². The number of fused-ring (bicyclic) bond motifs is 1. The van der Waals surface area contributed by atoms with Gasteiger partial charge < -0.3 is 16.2 Å². The van der Waals surface area contributed by atoms with Gasteiger partial charge in [0.05, 0.1) is 4.88 Å². The topological polar surface area (TPSA) is 109 Å². The van der Waals surface area contributed by atoms with E-state index in [9.17, 15) is 14.4 Å². The van der Waals surface area contributed by atoms with Crippen molar-refractivity contribution in [3.63, 3.8) is 0 Å². The molecule has 0 radical (unpaired) electrons. The second-order valence-corrected chi connectivity index (χ2v) is 5.60. The fourth-order valence-electron chi connectivity index (χ4n) is 1.87. The molecule has 0 aliphatic carbocycles. The van der Waals surface area contributed by atoms with Crippen LogP contribution < -0.4 is 11.1 Å². The number of nitrogens with one attached hydrogen (secondary N) is 1. The second kappa shape index (κ2) is 6.36. The molecule has 2 amide bonds. The molecular formula is C14H14N2O4S. The van der Waals surface area contributed by atoms with Crippen LogP contribution in [0.1, 0.15) is 22.5 Å². The second-order valence-electron chi connectivity index (χ2n) is 4.52. The highest BCUT2D eigenvalue weighted by molar-refractivity contribution is 7.20. The van der Waals surface area contributed by atoms with Gasteiger partial charge in [0, 0.05) is 11.1 Å². The Bertz CT molecular complexity index is 662. The number of carbonyl (C=O) groups excluding carboxylic acids is 2. The molecule has 1 aromatic carbocycles. The smallest absolute Gasteiger partial charge is 0.326 e. The molecule has 110 valence electrons. The highest BCUT2D eigenvalue weighted by Gasteiger charge is 2.22. The summed E-state index contributed by atoms with van der Waals surface area (Å²) in [5.74, 6) is -2.25. The standard InChI is InChI=1S/C14H14N2O4S/c15-12(17)6-5-9(14(19)20)16-13(18)11-7-8-3-1-2-4-10(8)21-11/h1-4,7,9H,5-6H2,(H2,15,17)(H,16,18)(H,19,20)/t9-/m0/s1. The molecule has 0 aliphatic rings. The molecule has 0 saturated heterocycles. The van der Waals surface area contributed by atoms with E-state index in [1.807, 2.05) is 24.3 Å². The van der Waals surface area contributed by atoms with Crippen LogP contribution in [0, 0.1) is 0 Å². The zero-order valence-corrected chi connectivity index (χ0v) is 11.9. The third kappa shape index (κ3) is 3.79. The fourth-order valence-corrected chi connectivity index (χ4v) is 2.83. The van der Waals surface area contributed by atoms with Gasteiger partial charge in [-0.3, -0.25) is 9.59 Å². The zero-order valence-electron chi connectivity index (χ0n) is 11.0. The summed E-state index contributed by atoms with van der Waals surface area (Å²) < 4.78 is 0.951. The van der Waals surface area contributed by atoms with E-state index in [2.05, 4.69) is 5.32 Å². The third-order valence-corrected chi connectivity index (χ3v) is 4.05. The number of hydrogen-bond acceptors (Lipinski definition) is 4. The number of carboxylic acid groups (broad SMARTS) is 1. The van der Waals surface area contributed by atoms with Crippen LogP contribution in [-0.2, 0) is 9.59 Å². The van der Waals surface area contributed by atoms with Crippen molar-refractivity contribution in [3.8, 4) is 0 Å². The normalized spacial score (nSPS) is 12.0. The van der Waals surface area contributed by atoms with Crippen molar-refractivity contribution in [2.75, 3.05) is 0 Å². The first-order valence-corrected chi connectivity index (χ1v) is 7.09. The lowest BCUT2D eigenvalue weighted by molar-refractivity contribution is -0.139. The molecule has 2 rings (SSSR count). The summed E-state index contributed by atoms with van der Waals surface area (Å²) in [6.45, 7) is 0. The molecule has 0 unspecified atom stereocenters. The van der Waals surface area contributed by atoms with Crippen molar-refractivity contribution < 1.29 is 19.5 Å². The van der Waals surface area contributed by atoms with E-state index < -0.39 is 23.8 Å². The van der Waals surface area contributed by atoms with Gasteiger partial charge >= 0.3 is 5.97 Å². The van der Waals surface area contributed by atoms with Crippen molar-refractivity contribution in [2.45, 2.75) is 18.9 Å². The Hall–Kier alpha value is -2.41. The number of benzene rings is 1. The van der Waals surface area contributed by atoms with Gasteiger partial charge in [-0.15, -0.1) is 11.3 Å². The lowest BCUT2D eigenvalue weighted by Crippen LogP contribution is -2.41. The van der Waals surface area contributed by atoms with Gasteiger partial charge in [0.2, 0.25) is 5.91 Å². The van der Waals surface area contributed by atoms with Crippen molar-refractivity contribution in [3.05, 3.63) is 35.2 Å². The number of primary amides is 1. The first kappa shape index (κ1) is 15.0. The predicted molar refractivity (Wildman–Crippen MR) is 79.1 cm³/mol. The molecule has 0 aliphatic heterocycles. The highest BCUT2D eigenvalue weighted by atomic mass is 32.1. The van der Waals surface area contributed by atoms with Crippen LogP contribution in [0.4, 0.5) is 0 Å². The Balaban J connectivity index is 2.10. The summed E-state index contributed by atoms with van der Waals surface area (Å²) >= 11 is 1.29. The maximum atomic E-state index is 12.1. The quantitative estimate of drug-likeness (QED) is 0.748. The van der Waals surface area contributed by atoms with E-state index in [0.29, 0.717) is 4.88 Å². The van der Waals surface area contributed by atoms with E-state index in [-0.39, 0.29) is 12.8 Å². The average molecular weight is 306 g/mol. The molecule has 0 fully saturated rings. The van der Waals surface area contributed by atoms with Gasteiger partial charge in [-0.05, 0) is 23.9 Å². The molecule has 4 N–H and O–H groups in total. The number of amides is 2. The summed E-state index contributed by atoms with van der Waals surface area (Å²) in [4.78, 5) is 34.3. The number of nitrogens with two attached hydrogens (primary N) is 1.